The van der Waals surface area contributed by atoms with Crippen molar-refractivity contribution in [3.8, 4) is 17.0 Å². The standard InChI is InChI=1S/C33H41N5O3/c1-3-41-31-16-15-26(22-35-31)25-13-11-24(12-14-25)20-28(34)21-32(39)37-17-6-8-27(23-37)33-36-29-9-4-5-10-30(29)38(33)18-7-19-40-2/h4-5,9-16,22,27-28H,3,6-8,17-21,23,34H2,1-2H3/t27-,28-/m1/s1. The molecule has 41 heavy (non-hydrogen) atoms. The first-order valence-corrected chi connectivity index (χ1v) is 14.7. The van der Waals surface area contributed by atoms with E-state index < -0.39 is 0 Å². The number of nitrogens with zero attached hydrogens (tertiary/aromatic N) is 4. The van der Waals surface area contributed by atoms with Crippen molar-refractivity contribution in [2.45, 2.75) is 57.5 Å². The highest BCUT2D eigenvalue weighted by Gasteiger charge is 2.29. The van der Waals surface area contributed by atoms with E-state index in [0.29, 0.717) is 38.5 Å². The van der Waals surface area contributed by atoms with Crippen molar-refractivity contribution >= 4 is 16.9 Å². The minimum Gasteiger partial charge on any atom is -0.478 e. The summed E-state index contributed by atoms with van der Waals surface area (Å²) >= 11 is 0. The summed E-state index contributed by atoms with van der Waals surface area (Å²) in [5, 5.41) is 0. The van der Waals surface area contributed by atoms with Crippen LogP contribution in [0.5, 0.6) is 5.88 Å². The Balaban J connectivity index is 1.19. The van der Waals surface area contributed by atoms with Crippen LogP contribution in [0.2, 0.25) is 0 Å². The molecule has 2 aromatic carbocycles. The number of likely N-dealkylation sites (tertiary alicyclic amines) is 1. The van der Waals surface area contributed by atoms with E-state index >= 15 is 0 Å². The van der Waals surface area contributed by atoms with Crippen LogP contribution in [0.1, 0.15) is 49.9 Å². The molecule has 1 saturated heterocycles. The number of aromatic nitrogens is 3. The molecule has 1 aliphatic heterocycles. The van der Waals surface area contributed by atoms with Crippen molar-refractivity contribution in [2.75, 3.05) is 33.4 Å². The lowest BCUT2D eigenvalue weighted by Crippen LogP contribution is -2.42. The van der Waals surface area contributed by atoms with Gasteiger partial charge in [0, 0.05) is 69.6 Å². The number of nitrogens with two attached hydrogens (primary N) is 1. The Kier molecular flexibility index (Phi) is 9.64. The fourth-order valence-corrected chi connectivity index (χ4v) is 5.77. The second-order valence-corrected chi connectivity index (χ2v) is 10.8. The van der Waals surface area contributed by atoms with Crippen LogP contribution in [0.25, 0.3) is 22.2 Å². The Labute approximate surface area is 242 Å². The average Bonchev–Trinajstić information content (AvgIpc) is 3.37. The maximum absolute atomic E-state index is 13.3. The molecule has 8 heteroatoms. The zero-order valence-electron chi connectivity index (χ0n) is 24.2. The summed E-state index contributed by atoms with van der Waals surface area (Å²) < 4.78 is 13.1. The molecule has 2 atom stereocenters. The molecule has 3 heterocycles. The molecule has 0 aliphatic carbocycles. The van der Waals surface area contributed by atoms with E-state index in [1.807, 2.05) is 36.2 Å². The fourth-order valence-electron chi connectivity index (χ4n) is 5.77. The third kappa shape index (κ3) is 7.13. The second-order valence-electron chi connectivity index (χ2n) is 10.8. The molecule has 1 aliphatic rings. The Hall–Kier alpha value is -3.75. The van der Waals surface area contributed by atoms with Gasteiger partial charge in [-0.3, -0.25) is 4.79 Å². The smallest absolute Gasteiger partial charge is 0.224 e. The molecule has 2 N–H and O–H groups in total. The van der Waals surface area contributed by atoms with Crippen LogP contribution in [0.3, 0.4) is 0 Å². The highest BCUT2D eigenvalue weighted by molar-refractivity contribution is 5.78. The van der Waals surface area contributed by atoms with Crippen LogP contribution < -0.4 is 10.5 Å². The van der Waals surface area contributed by atoms with Crippen LogP contribution in [0.15, 0.2) is 66.9 Å². The predicted molar refractivity (Wildman–Crippen MR) is 162 cm³/mol. The third-order valence-corrected chi connectivity index (χ3v) is 7.80. The number of aryl methyl sites for hydroxylation is 1. The van der Waals surface area contributed by atoms with Crippen molar-refractivity contribution < 1.29 is 14.3 Å². The number of piperidine rings is 1. The molecule has 2 aromatic heterocycles. The summed E-state index contributed by atoms with van der Waals surface area (Å²) in [4.78, 5) is 24.7. The second kappa shape index (κ2) is 13.7. The van der Waals surface area contributed by atoms with E-state index in [-0.39, 0.29) is 17.9 Å². The average molecular weight is 556 g/mol. The van der Waals surface area contributed by atoms with Crippen molar-refractivity contribution in [3.63, 3.8) is 0 Å². The van der Waals surface area contributed by atoms with Crippen molar-refractivity contribution in [1.29, 1.82) is 0 Å². The lowest BCUT2D eigenvalue weighted by Gasteiger charge is -2.33. The molecule has 5 rings (SSSR count). The fraction of sp³-hybridized carbons (Fsp3) is 0.424. The number of carbonyl (C=O) groups excluding carboxylic acids is 1. The van der Waals surface area contributed by atoms with Crippen LogP contribution >= 0.6 is 0 Å². The van der Waals surface area contributed by atoms with Gasteiger partial charge in [-0.2, -0.15) is 0 Å². The molecular weight excluding hydrogens is 514 g/mol. The largest absolute Gasteiger partial charge is 0.478 e. The van der Waals surface area contributed by atoms with Crippen LogP contribution in [-0.4, -0.2) is 64.8 Å². The molecule has 0 spiro atoms. The van der Waals surface area contributed by atoms with Crippen molar-refractivity contribution in [1.82, 2.24) is 19.4 Å². The predicted octanol–water partition coefficient (Wildman–Crippen LogP) is 5.20. The topological polar surface area (TPSA) is 95.5 Å². The van der Waals surface area contributed by atoms with Gasteiger partial charge in [0.1, 0.15) is 5.82 Å². The Morgan fingerprint density at radius 2 is 1.90 bits per heavy atom. The van der Waals surface area contributed by atoms with Gasteiger partial charge in [-0.15, -0.1) is 0 Å². The lowest BCUT2D eigenvalue weighted by atomic mass is 9.95. The molecule has 8 nitrogen and oxygen atoms in total. The van der Waals surface area contributed by atoms with Gasteiger partial charge >= 0.3 is 0 Å². The SMILES string of the molecule is CCOc1ccc(-c2ccc(C[C@@H](N)CC(=O)N3CCC[C@@H](c4nc5ccccc5n4CCCOC)C3)cc2)cn1. The Morgan fingerprint density at radius 1 is 1.10 bits per heavy atom. The number of fused-ring (bicyclic) bond motifs is 1. The Bertz CT molecular complexity index is 1420. The number of hydrogen-bond donors (Lipinski definition) is 1. The summed E-state index contributed by atoms with van der Waals surface area (Å²) in [7, 11) is 1.73. The Morgan fingerprint density at radius 3 is 2.66 bits per heavy atom. The molecule has 216 valence electrons. The summed E-state index contributed by atoms with van der Waals surface area (Å²) in [6.45, 7) is 5.56. The third-order valence-electron chi connectivity index (χ3n) is 7.80. The summed E-state index contributed by atoms with van der Waals surface area (Å²) in [5.74, 6) is 2.04. The van der Waals surface area contributed by atoms with Gasteiger partial charge in [-0.25, -0.2) is 9.97 Å². The van der Waals surface area contributed by atoms with Crippen molar-refractivity contribution in [3.05, 3.63) is 78.2 Å². The number of carbonyl (C=O) groups is 1. The number of amides is 1. The van der Waals surface area contributed by atoms with E-state index in [1.165, 1.54) is 0 Å². The summed E-state index contributed by atoms with van der Waals surface area (Å²) in [6, 6.07) is 20.3. The van der Waals surface area contributed by atoms with Gasteiger partial charge in [-0.1, -0.05) is 36.4 Å². The van der Waals surface area contributed by atoms with E-state index in [0.717, 1.165) is 65.9 Å². The number of benzene rings is 2. The minimum absolute atomic E-state index is 0.126. The minimum atomic E-state index is -0.237. The maximum atomic E-state index is 13.3. The van der Waals surface area contributed by atoms with E-state index in [4.69, 9.17) is 20.2 Å². The number of hydrogen-bond acceptors (Lipinski definition) is 6. The number of methoxy groups -OCH3 is 1. The quantitative estimate of drug-likeness (QED) is 0.242. The molecule has 0 unspecified atom stereocenters. The molecule has 0 radical (unpaired) electrons. The molecular formula is C33H41N5O3. The van der Waals surface area contributed by atoms with Gasteiger partial charge in [-0.05, 0) is 61.9 Å². The first kappa shape index (κ1) is 28.8. The molecule has 0 bridgehead atoms. The number of ether oxygens (including phenoxy) is 2. The zero-order chi connectivity index (χ0) is 28.6. The summed E-state index contributed by atoms with van der Waals surface area (Å²) in [6.07, 6.45) is 5.73. The summed E-state index contributed by atoms with van der Waals surface area (Å²) in [5.41, 5.74) is 11.9. The van der Waals surface area contributed by atoms with Crippen LogP contribution in [0.4, 0.5) is 0 Å². The first-order valence-electron chi connectivity index (χ1n) is 14.7. The normalized spacial score (nSPS) is 16.2. The molecule has 1 amide bonds. The highest BCUT2D eigenvalue weighted by Crippen LogP contribution is 2.30. The first-order chi connectivity index (χ1) is 20.1. The van der Waals surface area contributed by atoms with E-state index in [9.17, 15) is 4.79 Å². The van der Waals surface area contributed by atoms with Crippen LogP contribution in [0, 0.1) is 0 Å². The maximum Gasteiger partial charge on any atom is 0.224 e. The molecule has 0 saturated carbocycles. The van der Waals surface area contributed by atoms with Crippen LogP contribution in [-0.2, 0) is 22.5 Å². The van der Waals surface area contributed by atoms with Gasteiger partial charge < -0.3 is 24.7 Å². The van der Waals surface area contributed by atoms with Gasteiger partial charge in [0.2, 0.25) is 11.8 Å². The lowest BCUT2D eigenvalue weighted by molar-refractivity contribution is -0.132. The van der Waals surface area contributed by atoms with Gasteiger partial charge in [0.15, 0.2) is 0 Å². The number of imidazole rings is 1. The van der Waals surface area contributed by atoms with E-state index in [1.54, 1.807) is 7.11 Å². The highest BCUT2D eigenvalue weighted by atomic mass is 16.5. The number of pyridine rings is 1. The van der Waals surface area contributed by atoms with Gasteiger partial charge in [0.05, 0.1) is 17.6 Å². The number of rotatable bonds is 12. The number of para-hydroxylation sites is 2. The zero-order valence-corrected chi connectivity index (χ0v) is 24.2. The molecule has 1 fully saturated rings. The monoisotopic (exact) mass is 555 g/mol. The molecule has 4 aromatic rings. The van der Waals surface area contributed by atoms with E-state index in [2.05, 4.69) is 52.0 Å². The van der Waals surface area contributed by atoms with Gasteiger partial charge in [0.25, 0.3) is 0 Å². The van der Waals surface area contributed by atoms with Crippen molar-refractivity contribution in [2.24, 2.45) is 5.73 Å².